The van der Waals surface area contributed by atoms with Crippen LogP contribution in [0.4, 0.5) is 0 Å². The van der Waals surface area contributed by atoms with Crippen molar-refractivity contribution in [2.24, 2.45) is 0 Å². The van der Waals surface area contributed by atoms with Crippen molar-refractivity contribution in [2.45, 2.75) is 19.6 Å². The molecule has 1 heterocycles. The lowest BCUT2D eigenvalue weighted by Gasteiger charge is -1.75. The first-order valence-corrected chi connectivity index (χ1v) is 6.40. The van der Waals surface area contributed by atoms with E-state index >= 15 is 0 Å². The molecule has 0 radical (unpaired) electrons. The average molecular weight is 117 g/mol. The maximum absolute atomic E-state index is 3.00. The zero-order chi connectivity index (χ0) is 5.70. The Balaban J connectivity index is 0.000000105. The molecule has 1 N–H and O–H groups in total. The van der Waals surface area contributed by atoms with Gasteiger partial charge in [0.2, 0.25) is 0 Å². The van der Waals surface area contributed by atoms with E-state index in [9.17, 15) is 0 Å². The monoisotopic (exact) mass is 117 g/mol. The molecular formula is C5H15NSi. The number of hydrogen-bond donors (Lipinski definition) is 1. The molecule has 0 spiro atoms. The summed E-state index contributed by atoms with van der Waals surface area (Å²) in [6, 6.07) is 0. The first kappa shape index (κ1) is 7.18. The fraction of sp³-hybridized carbons (Fsp3) is 1.00. The van der Waals surface area contributed by atoms with Crippen LogP contribution in [0.5, 0.6) is 0 Å². The quantitative estimate of drug-likeness (QED) is 0.366. The van der Waals surface area contributed by atoms with Crippen LogP contribution in [0.1, 0.15) is 0 Å². The van der Waals surface area contributed by atoms with Gasteiger partial charge in [0.05, 0.1) is 0 Å². The molecule has 0 aromatic rings. The largest absolute Gasteiger partial charge is 0.314 e. The van der Waals surface area contributed by atoms with Crippen LogP contribution in [0, 0.1) is 0 Å². The van der Waals surface area contributed by atoms with E-state index in [4.69, 9.17) is 0 Å². The number of nitrogens with one attached hydrogen (secondary N) is 1. The van der Waals surface area contributed by atoms with Gasteiger partial charge in [0.15, 0.2) is 0 Å². The van der Waals surface area contributed by atoms with Gasteiger partial charge in [-0.2, -0.15) is 0 Å². The lowest BCUT2D eigenvalue weighted by atomic mass is 11.0. The van der Waals surface area contributed by atoms with Crippen LogP contribution in [0.25, 0.3) is 0 Å². The summed E-state index contributed by atoms with van der Waals surface area (Å²) in [5.74, 6) is 0. The van der Waals surface area contributed by atoms with E-state index in [-0.39, 0.29) is 8.80 Å². The van der Waals surface area contributed by atoms with Gasteiger partial charge in [-0.05, 0) is 0 Å². The van der Waals surface area contributed by atoms with Gasteiger partial charge < -0.3 is 5.32 Å². The zero-order valence-corrected chi connectivity index (χ0v) is 6.65. The predicted molar refractivity (Wildman–Crippen MR) is 37.6 cm³/mol. The summed E-state index contributed by atoms with van der Waals surface area (Å²) in [6.07, 6.45) is 0. The minimum absolute atomic E-state index is 0.139. The summed E-state index contributed by atoms with van der Waals surface area (Å²) in [6.45, 7) is 9.42. The highest BCUT2D eigenvalue weighted by Crippen LogP contribution is 1.68. The highest BCUT2D eigenvalue weighted by atomic mass is 28.3. The molecule has 1 aliphatic heterocycles. The molecule has 0 bridgehead atoms. The molecule has 2 heteroatoms. The van der Waals surface area contributed by atoms with Gasteiger partial charge in [0.25, 0.3) is 0 Å². The summed E-state index contributed by atoms with van der Waals surface area (Å²) in [4.78, 5) is 0. The van der Waals surface area contributed by atoms with Gasteiger partial charge in [-0.25, -0.2) is 0 Å². The van der Waals surface area contributed by atoms with Crippen LogP contribution in [-0.2, 0) is 0 Å². The summed E-state index contributed by atoms with van der Waals surface area (Å²) in [5.41, 5.74) is 0. The number of rotatable bonds is 0. The third-order valence-electron chi connectivity index (χ3n) is 0.250. The van der Waals surface area contributed by atoms with Crippen molar-refractivity contribution in [1.29, 1.82) is 0 Å². The van der Waals surface area contributed by atoms with Crippen LogP contribution in [0.2, 0.25) is 19.6 Å². The van der Waals surface area contributed by atoms with E-state index in [0.717, 1.165) is 0 Å². The predicted octanol–water partition coefficient (Wildman–Crippen LogP) is 0.692. The normalized spacial score (nSPS) is 15.4. The molecule has 0 aliphatic carbocycles. The lowest BCUT2D eigenvalue weighted by molar-refractivity contribution is 1.34. The molecule has 1 aliphatic rings. The minimum Gasteiger partial charge on any atom is -0.314 e. The third kappa shape index (κ3) is 77.8. The van der Waals surface area contributed by atoms with Crippen molar-refractivity contribution < 1.29 is 0 Å². The molecule has 1 nitrogen and oxygen atoms in total. The summed E-state index contributed by atoms with van der Waals surface area (Å²) < 4.78 is 0. The van der Waals surface area contributed by atoms with Crippen molar-refractivity contribution in [3.63, 3.8) is 0 Å². The smallest absolute Gasteiger partial charge is 0.0274 e. The van der Waals surface area contributed by atoms with Gasteiger partial charge in [-0.1, -0.05) is 19.6 Å². The topological polar surface area (TPSA) is 21.9 Å². The first-order valence-electron chi connectivity index (χ1n) is 2.94. The molecule has 0 amide bonds. The molecule has 0 aromatic carbocycles. The van der Waals surface area contributed by atoms with Crippen LogP contribution < -0.4 is 5.32 Å². The Kier molecular flexibility index (Phi) is 4.45. The zero-order valence-electron chi connectivity index (χ0n) is 5.49. The fourth-order valence-corrected chi connectivity index (χ4v) is 0. The van der Waals surface area contributed by atoms with E-state index in [1.807, 2.05) is 0 Å². The summed E-state index contributed by atoms with van der Waals surface area (Å²) >= 11 is 0. The second-order valence-corrected chi connectivity index (χ2v) is 5.95. The van der Waals surface area contributed by atoms with Crippen LogP contribution in [0.15, 0.2) is 0 Å². The van der Waals surface area contributed by atoms with Gasteiger partial charge in [-0.15, -0.1) is 0 Å². The van der Waals surface area contributed by atoms with Gasteiger partial charge in [0, 0.05) is 21.9 Å². The molecule has 1 saturated heterocycles. The van der Waals surface area contributed by atoms with Crippen molar-refractivity contribution in [1.82, 2.24) is 5.32 Å². The van der Waals surface area contributed by atoms with E-state index in [2.05, 4.69) is 25.0 Å². The summed E-state index contributed by atoms with van der Waals surface area (Å²) in [5, 5.41) is 3.00. The van der Waals surface area contributed by atoms with Crippen molar-refractivity contribution in [2.75, 3.05) is 13.1 Å². The second kappa shape index (κ2) is 4.34. The molecule has 0 aromatic heterocycles. The third-order valence-corrected chi connectivity index (χ3v) is 0.250. The van der Waals surface area contributed by atoms with Crippen molar-refractivity contribution in [3.05, 3.63) is 0 Å². The van der Waals surface area contributed by atoms with Crippen LogP contribution in [0.3, 0.4) is 0 Å². The van der Waals surface area contributed by atoms with E-state index in [0.29, 0.717) is 0 Å². The average Bonchev–Trinajstić information content (AvgIpc) is 2.02. The molecule has 44 valence electrons. The van der Waals surface area contributed by atoms with Crippen LogP contribution >= 0.6 is 0 Å². The molecule has 0 unspecified atom stereocenters. The van der Waals surface area contributed by atoms with E-state index < -0.39 is 0 Å². The Morgan fingerprint density at radius 1 is 1.14 bits per heavy atom. The Hall–Kier alpha value is 0.177. The Bertz CT molecular complexity index is 29.6. The Morgan fingerprint density at radius 2 is 1.29 bits per heavy atom. The van der Waals surface area contributed by atoms with Crippen molar-refractivity contribution >= 4 is 8.80 Å². The molecule has 0 atom stereocenters. The Labute approximate surface area is 47.7 Å². The molecule has 1 rings (SSSR count). The second-order valence-electron chi connectivity index (χ2n) is 2.48. The number of hydrogen-bond acceptors (Lipinski definition) is 1. The summed E-state index contributed by atoms with van der Waals surface area (Å²) in [7, 11) is -0.139. The van der Waals surface area contributed by atoms with Gasteiger partial charge in [-0.3, -0.25) is 0 Å². The van der Waals surface area contributed by atoms with Crippen molar-refractivity contribution in [3.8, 4) is 0 Å². The van der Waals surface area contributed by atoms with Gasteiger partial charge >= 0.3 is 0 Å². The maximum Gasteiger partial charge on any atom is 0.0274 e. The standard InChI is InChI=1S/C3H10Si.C2H5N/c1-4(2)3;1-2-3-1/h4H,1-3H3;3H,1-2H2. The lowest BCUT2D eigenvalue weighted by Crippen LogP contribution is -1.84. The SMILES string of the molecule is C1CN1.C[SiH](C)C. The highest BCUT2D eigenvalue weighted by molar-refractivity contribution is 6.54. The maximum atomic E-state index is 3.00. The van der Waals surface area contributed by atoms with E-state index in [1.54, 1.807) is 0 Å². The fourth-order valence-electron chi connectivity index (χ4n) is 0. The molecule has 7 heavy (non-hydrogen) atoms. The highest BCUT2D eigenvalue weighted by Gasteiger charge is 1.91. The molecular weight excluding hydrogens is 102 g/mol. The Morgan fingerprint density at radius 3 is 1.29 bits per heavy atom. The van der Waals surface area contributed by atoms with E-state index in [1.165, 1.54) is 13.1 Å². The minimum atomic E-state index is -0.139. The molecule has 1 fully saturated rings. The molecule has 0 saturated carbocycles. The van der Waals surface area contributed by atoms with Gasteiger partial charge in [0.1, 0.15) is 0 Å². The first-order chi connectivity index (χ1) is 3.23. The van der Waals surface area contributed by atoms with Crippen LogP contribution in [-0.4, -0.2) is 21.9 Å².